The Bertz CT molecular complexity index is 1030. The smallest absolute Gasteiger partial charge is 0.352 e. The Morgan fingerprint density at radius 3 is 2.61 bits per heavy atom. The normalized spacial score (nSPS) is 16.5. The largest absolute Gasteiger partial charge is 0.416 e. The van der Waals surface area contributed by atoms with E-state index in [1.807, 2.05) is 0 Å². The Kier molecular flexibility index (Phi) is 5.41. The number of alkyl halides is 3. The van der Waals surface area contributed by atoms with Crippen LogP contribution in [0, 0.1) is 0 Å². The van der Waals surface area contributed by atoms with Crippen molar-refractivity contribution in [3.05, 3.63) is 65.2 Å². The van der Waals surface area contributed by atoms with Gasteiger partial charge >= 0.3 is 6.18 Å². The molecule has 10 heteroatoms. The summed E-state index contributed by atoms with van der Waals surface area (Å²) in [5, 5.41) is 2.52. The van der Waals surface area contributed by atoms with Crippen LogP contribution in [0.4, 0.5) is 13.2 Å². The molecular formula is C18H16F3N3O3S. The zero-order valence-corrected chi connectivity index (χ0v) is 15.3. The molecule has 0 radical (unpaired) electrons. The number of halogens is 3. The van der Waals surface area contributed by atoms with Crippen LogP contribution in [0.2, 0.25) is 0 Å². The van der Waals surface area contributed by atoms with Gasteiger partial charge in [-0.3, -0.25) is 14.5 Å². The molecule has 0 saturated carbocycles. The van der Waals surface area contributed by atoms with Gasteiger partial charge in [0, 0.05) is 18.5 Å². The van der Waals surface area contributed by atoms with Crippen LogP contribution in [-0.4, -0.2) is 26.7 Å². The maximum Gasteiger partial charge on any atom is 0.416 e. The molecule has 1 aliphatic rings. The number of aliphatic imine (C=N–C) groups is 1. The van der Waals surface area contributed by atoms with Crippen LogP contribution < -0.4 is 10.0 Å². The van der Waals surface area contributed by atoms with Gasteiger partial charge in [-0.25, -0.2) is 8.42 Å². The Balaban J connectivity index is 1.55. The molecule has 0 atom stereocenters. The second kappa shape index (κ2) is 7.63. The van der Waals surface area contributed by atoms with Gasteiger partial charge in [0.15, 0.2) is 0 Å². The summed E-state index contributed by atoms with van der Waals surface area (Å²) in [4.78, 5) is 16.1. The molecule has 2 aromatic rings. The monoisotopic (exact) mass is 411 g/mol. The molecule has 0 saturated heterocycles. The molecule has 0 spiro atoms. The number of carbonyl (C=O) groups excluding carboxylic acids is 1. The predicted octanol–water partition coefficient (Wildman–Crippen LogP) is 2.45. The highest BCUT2D eigenvalue weighted by atomic mass is 32.2. The molecule has 28 heavy (non-hydrogen) atoms. The molecule has 148 valence electrons. The van der Waals surface area contributed by atoms with Gasteiger partial charge in [0.25, 0.3) is 10.0 Å². The van der Waals surface area contributed by atoms with Crippen LogP contribution in [0.5, 0.6) is 0 Å². The third kappa shape index (κ3) is 4.50. The van der Waals surface area contributed by atoms with Gasteiger partial charge in [0.1, 0.15) is 5.84 Å². The number of hydrogen-bond acceptors (Lipinski definition) is 4. The minimum atomic E-state index is -4.44. The van der Waals surface area contributed by atoms with Crippen molar-refractivity contribution in [2.24, 2.45) is 4.99 Å². The first kappa shape index (κ1) is 19.9. The van der Waals surface area contributed by atoms with Gasteiger partial charge in [0.2, 0.25) is 5.91 Å². The van der Waals surface area contributed by atoms with Crippen molar-refractivity contribution in [1.29, 1.82) is 0 Å². The summed E-state index contributed by atoms with van der Waals surface area (Å²) in [5.74, 6) is -0.239. The molecule has 1 heterocycles. The number of nitrogens with one attached hydrogen (secondary N) is 2. The van der Waals surface area contributed by atoms with Crippen molar-refractivity contribution in [2.45, 2.75) is 24.0 Å². The van der Waals surface area contributed by atoms with E-state index in [0.717, 1.165) is 12.1 Å². The van der Waals surface area contributed by atoms with E-state index in [1.54, 1.807) is 18.2 Å². The van der Waals surface area contributed by atoms with Gasteiger partial charge in [-0.15, -0.1) is 0 Å². The number of amides is 1. The van der Waals surface area contributed by atoms with E-state index in [2.05, 4.69) is 15.0 Å². The number of carbonyl (C=O) groups is 1. The van der Waals surface area contributed by atoms with Crippen molar-refractivity contribution < 1.29 is 26.4 Å². The summed E-state index contributed by atoms with van der Waals surface area (Å²) in [6.07, 6.45) is -4.48. The van der Waals surface area contributed by atoms with Crippen molar-refractivity contribution >= 4 is 21.8 Å². The Hall–Kier alpha value is -2.88. The first-order valence-corrected chi connectivity index (χ1v) is 9.75. The fourth-order valence-corrected chi connectivity index (χ4v) is 3.92. The zero-order chi connectivity index (χ0) is 20.4. The van der Waals surface area contributed by atoms with E-state index in [1.165, 1.54) is 18.2 Å². The second-order valence-electron chi connectivity index (χ2n) is 6.06. The summed E-state index contributed by atoms with van der Waals surface area (Å²) in [7, 11) is -3.64. The lowest BCUT2D eigenvalue weighted by Crippen LogP contribution is -2.25. The fourth-order valence-electron chi connectivity index (χ4n) is 2.67. The Labute approximate surface area is 159 Å². The van der Waals surface area contributed by atoms with E-state index >= 15 is 0 Å². The lowest BCUT2D eigenvalue weighted by Gasteiger charge is -2.09. The number of rotatable bonds is 5. The molecule has 6 nitrogen and oxygen atoms in total. The summed E-state index contributed by atoms with van der Waals surface area (Å²) >= 11 is 0. The van der Waals surface area contributed by atoms with Crippen molar-refractivity contribution in [3.8, 4) is 0 Å². The van der Waals surface area contributed by atoms with Crippen LogP contribution in [-0.2, 0) is 27.5 Å². The SMILES string of the molecule is O=C(CCN=C1NS(=O)(=O)c2ccccc21)NCc1cccc(C(F)(F)F)c1. The molecule has 0 fully saturated rings. The van der Waals surface area contributed by atoms with E-state index < -0.39 is 27.7 Å². The van der Waals surface area contributed by atoms with Crippen LogP contribution in [0.15, 0.2) is 58.4 Å². The first-order valence-electron chi connectivity index (χ1n) is 8.26. The van der Waals surface area contributed by atoms with E-state index in [9.17, 15) is 26.4 Å². The van der Waals surface area contributed by atoms with Crippen LogP contribution >= 0.6 is 0 Å². The number of sulfonamides is 1. The molecule has 1 aliphatic heterocycles. The van der Waals surface area contributed by atoms with Gasteiger partial charge in [-0.05, 0) is 29.8 Å². The first-order chi connectivity index (χ1) is 13.2. The molecular weight excluding hydrogens is 395 g/mol. The molecule has 0 aliphatic carbocycles. The van der Waals surface area contributed by atoms with Crippen molar-refractivity contribution in [2.75, 3.05) is 6.54 Å². The van der Waals surface area contributed by atoms with E-state index in [-0.39, 0.29) is 30.2 Å². The maximum atomic E-state index is 12.7. The molecule has 3 rings (SSSR count). The summed E-state index contributed by atoms with van der Waals surface area (Å²) in [6, 6.07) is 11.1. The maximum absolute atomic E-state index is 12.7. The zero-order valence-electron chi connectivity index (χ0n) is 14.5. The van der Waals surface area contributed by atoms with Crippen molar-refractivity contribution in [3.63, 3.8) is 0 Å². The molecule has 0 unspecified atom stereocenters. The quantitative estimate of drug-likeness (QED) is 0.792. The highest BCUT2D eigenvalue weighted by Crippen LogP contribution is 2.29. The lowest BCUT2D eigenvalue weighted by molar-refractivity contribution is -0.137. The van der Waals surface area contributed by atoms with Gasteiger partial charge in [-0.2, -0.15) is 13.2 Å². The van der Waals surface area contributed by atoms with E-state index in [4.69, 9.17) is 0 Å². The molecule has 2 N–H and O–H groups in total. The third-order valence-corrected chi connectivity index (χ3v) is 5.41. The van der Waals surface area contributed by atoms with Gasteiger partial charge < -0.3 is 5.32 Å². The predicted molar refractivity (Wildman–Crippen MR) is 96.1 cm³/mol. The van der Waals surface area contributed by atoms with Crippen LogP contribution in [0.1, 0.15) is 23.1 Å². The minimum absolute atomic E-state index is 0.0284. The Morgan fingerprint density at radius 1 is 1.11 bits per heavy atom. The molecule has 2 aromatic carbocycles. The number of benzene rings is 2. The highest BCUT2D eigenvalue weighted by Gasteiger charge is 2.31. The molecule has 0 bridgehead atoms. The van der Waals surface area contributed by atoms with Crippen molar-refractivity contribution in [1.82, 2.24) is 10.0 Å². The number of nitrogens with zero attached hydrogens (tertiary/aromatic N) is 1. The number of amidine groups is 1. The fraction of sp³-hybridized carbons (Fsp3) is 0.222. The van der Waals surface area contributed by atoms with E-state index in [0.29, 0.717) is 11.1 Å². The van der Waals surface area contributed by atoms with Crippen LogP contribution in [0.3, 0.4) is 0 Å². The average molecular weight is 411 g/mol. The second-order valence-corrected chi connectivity index (χ2v) is 7.71. The van der Waals surface area contributed by atoms with Gasteiger partial charge in [0.05, 0.1) is 17.0 Å². The number of fused-ring (bicyclic) bond motifs is 1. The minimum Gasteiger partial charge on any atom is -0.352 e. The summed E-state index contributed by atoms with van der Waals surface area (Å²) < 4.78 is 64.3. The molecule has 0 aromatic heterocycles. The summed E-state index contributed by atoms with van der Waals surface area (Å²) in [5.41, 5.74) is -0.0170. The topological polar surface area (TPSA) is 87.6 Å². The lowest BCUT2D eigenvalue weighted by atomic mass is 10.1. The highest BCUT2D eigenvalue weighted by molar-refractivity contribution is 7.90. The van der Waals surface area contributed by atoms with Crippen LogP contribution in [0.25, 0.3) is 0 Å². The summed E-state index contributed by atoms with van der Waals surface area (Å²) in [6.45, 7) is -0.0185. The van der Waals surface area contributed by atoms with Gasteiger partial charge in [-0.1, -0.05) is 24.3 Å². The number of hydrogen-bond donors (Lipinski definition) is 2. The average Bonchev–Trinajstić information content (AvgIpc) is 2.90. The third-order valence-electron chi connectivity index (χ3n) is 4.02. The molecule has 1 amide bonds. The Morgan fingerprint density at radius 2 is 1.86 bits per heavy atom. The standard InChI is InChI=1S/C18H16F3N3O3S/c19-18(20,21)13-5-3-4-12(10-13)11-23-16(25)8-9-22-17-14-6-1-2-7-15(14)28(26,27)24-17/h1-7,10H,8-9,11H2,(H,22,24)(H,23,25).